The Kier molecular flexibility index (Phi) is 10.4. The van der Waals surface area contributed by atoms with Crippen molar-refractivity contribution in [3.8, 4) is 0 Å². The van der Waals surface area contributed by atoms with Gasteiger partial charge in [0, 0.05) is 45.2 Å². The predicted octanol–water partition coefficient (Wildman–Crippen LogP) is 3.21. The topological polar surface area (TPSA) is 60.0 Å². The van der Waals surface area contributed by atoms with Gasteiger partial charge in [0.2, 0.25) is 5.91 Å². The van der Waals surface area contributed by atoms with Crippen LogP contribution in [0.2, 0.25) is 0 Å². The Morgan fingerprint density at radius 2 is 1.90 bits per heavy atom. The van der Waals surface area contributed by atoms with Gasteiger partial charge in [-0.1, -0.05) is 43.5 Å². The highest BCUT2D eigenvalue weighted by Crippen LogP contribution is 2.26. The number of amides is 1. The highest BCUT2D eigenvalue weighted by molar-refractivity contribution is 14.0. The standard InChI is InChI=1S/C23H37N5O.HI/c1-24-23(25-15-18-8-7-9-19(14-18)16-27(2)3)26-21-12-13-28(17-21)22(29)20-10-5-4-6-11-20;/h7-9,14,20-21H,4-6,10-13,15-17H2,1-3H3,(H2,24,25,26);1H. The normalized spacial score (nSPS) is 20.2. The van der Waals surface area contributed by atoms with Crippen molar-refractivity contribution in [1.29, 1.82) is 0 Å². The van der Waals surface area contributed by atoms with Crippen molar-refractivity contribution in [1.82, 2.24) is 20.4 Å². The monoisotopic (exact) mass is 527 g/mol. The van der Waals surface area contributed by atoms with Crippen molar-refractivity contribution in [2.24, 2.45) is 10.9 Å². The molecule has 1 unspecified atom stereocenters. The first kappa shape index (κ1) is 24.9. The molecule has 2 N–H and O–H groups in total. The molecule has 30 heavy (non-hydrogen) atoms. The van der Waals surface area contributed by atoms with Crippen molar-refractivity contribution in [3.05, 3.63) is 35.4 Å². The van der Waals surface area contributed by atoms with Gasteiger partial charge in [0.1, 0.15) is 0 Å². The molecule has 1 saturated heterocycles. The maximum absolute atomic E-state index is 12.8. The fourth-order valence-corrected chi connectivity index (χ4v) is 4.46. The smallest absolute Gasteiger partial charge is 0.225 e. The lowest BCUT2D eigenvalue weighted by Crippen LogP contribution is -2.45. The zero-order chi connectivity index (χ0) is 20.6. The number of nitrogens with one attached hydrogen (secondary N) is 2. The minimum absolute atomic E-state index is 0. The molecule has 1 aliphatic carbocycles. The van der Waals surface area contributed by atoms with Crippen LogP contribution in [0.25, 0.3) is 0 Å². The number of hydrogen-bond donors (Lipinski definition) is 2. The summed E-state index contributed by atoms with van der Waals surface area (Å²) in [4.78, 5) is 21.4. The predicted molar refractivity (Wildman–Crippen MR) is 134 cm³/mol. The third kappa shape index (κ3) is 7.41. The lowest BCUT2D eigenvalue weighted by Gasteiger charge is -2.26. The summed E-state index contributed by atoms with van der Waals surface area (Å²) in [5, 5.41) is 6.93. The van der Waals surface area contributed by atoms with Crippen LogP contribution in [0.1, 0.15) is 49.7 Å². The van der Waals surface area contributed by atoms with Crippen LogP contribution in [-0.2, 0) is 17.9 Å². The zero-order valence-corrected chi connectivity index (χ0v) is 21.0. The van der Waals surface area contributed by atoms with Crippen molar-refractivity contribution in [2.45, 2.75) is 57.7 Å². The summed E-state index contributed by atoms with van der Waals surface area (Å²) in [7, 11) is 5.97. The molecule has 0 bridgehead atoms. The van der Waals surface area contributed by atoms with E-state index in [-0.39, 0.29) is 35.9 Å². The van der Waals surface area contributed by atoms with Gasteiger partial charge in [0.25, 0.3) is 0 Å². The molecule has 1 amide bonds. The number of guanidine groups is 1. The third-order valence-corrected chi connectivity index (χ3v) is 5.97. The summed E-state index contributed by atoms with van der Waals surface area (Å²) in [6, 6.07) is 8.92. The molecule has 1 heterocycles. The van der Waals surface area contributed by atoms with E-state index in [1.807, 2.05) is 0 Å². The molecule has 0 spiro atoms. The number of carbonyl (C=O) groups is 1. The van der Waals surface area contributed by atoms with Gasteiger partial charge in [0.15, 0.2) is 5.96 Å². The Bertz CT molecular complexity index is 703. The average molecular weight is 527 g/mol. The molecule has 0 aromatic heterocycles. The van der Waals surface area contributed by atoms with Gasteiger partial charge in [0.05, 0.1) is 0 Å². The maximum atomic E-state index is 12.8. The number of rotatable bonds is 6. The Balaban J connectivity index is 0.00000320. The van der Waals surface area contributed by atoms with Crippen LogP contribution in [0.5, 0.6) is 0 Å². The molecule has 1 aromatic carbocycles. The van der Waals surface area contributed by atoms with E-state index in [4.69, 9.17) is 0 Å². The molecular formula is C23H38IN5O. The number of carbonyl (C=O) groups excluding carboxylic acids is 1. The summed E-state index contributed by atoms with van der Waals surface area (Å²) >= 11 is 0. The van der Waals surface area contributed by atoms with Gasteiger partial charge in [-0.15, -0.1) is 24.0 Å². The highest BCUT2D eigenvalue weighted by Gasteiger charge is 2.31. The van der Waals surface area contributed by atoms with Crippen LogP contribution in [0, 0.1) is 5.92 Å². The summed E-state index contributed by atoms with van der Waals surface area (Å²) in [6.07, 6.45) is 6.83. The molecule has 1 aliphatic heterocycles. The minimum atomic E-state index is 0. The minimum Gasteiger partial charge on any atom is -0.352 e. The summed E-state index contributed by atoms with van der Waals surface area (Å²) in [5.41, 5.74) is 2.55. The van der Waals surface area contributed by atoms with Crippen LogP contribution >= 0.6 is 24.0 Å². The molecule has 1 atom stereocenters. The zero-order valence-electron chi connectivity index (χ0n) is 18.7. The third-order valence-electron chi connectivity index (χ3n) is 5.97. The summed E-state index contributed by atoms with van der Waals surface area (Å²) in [6.45, 7) is 3.32. The number of likely N-dealkylation sites (tertiary alicyclic amines) is 1. The van der Waals surface area contributed by atoms with Crippen molar-refractivity contribution in [3.63, 3.8) is 0 Å². The van der Waals surface area contributed by atoms with E-state index in [0.717, 1.165) is 51.4 Å². The first-order valence-electron chi connectivity index (χ1n) is 11.0. The second kappa shape index (κ2) is 12.5. The summed E-state index contributed by atoms with van der Waals surface area (Å²) in [5.74, 6) is 1.43. The second-order valence-electron chi connectivity index (χ2n) is 8.73. The van der Waals surface area contributed by atoms with Gasteiger partial charge >= 0.3 is 0 Å². The molecule has 3 rings (SSSR count). The maximum Gasteiger partial charge on any atom is 0.225 e. The largest absolute Gasteiger partial charge is 0.352 e. The van der Waals surface area contributed by atoms with Crippen LogP contribution in [0.3, 0.4) is 0 Å². The van der Waals surface area contributed by atoms with Gasteiger partial charge in [-0.05, 0) is 44.5 Å². The van der Waals surface area contributed by atoms with Crippen LogP contribution < -0.4 is 10.6 Å². The van der Waals surface area contributed by atoms with E-state index in [0.29, 0.717) is 5.91 Å². The first-order chi connectivity index (χ1) is 14.0. The number of halogens is 1. The number of hydrogen-bond acceptors (Lipinski definition) is 3. The average Bonchev–Trinajstić information content (AvgIpc) is 3.19. The lowest BCUT2D eigenvalue weighted by molar-refractivity contribution is -0.135. The summed E-state index contributed by atoms with van der Waals surface area (Å²) < 4.78 is 0. The fourth-order valence-electron chi connectivity index (χ4n) is 4.46. The van der Waals surface area contributed by atoms with Crippen LogP contribution in [0.15, 0.2) is 29.3 Å². The van der Waals surface area contributed by atoms with Gasteiger partial charge in [-0.25, -0.2) is 0 Å². The number of benzene rings is 1. The van der Waals surface area contributed by atoms with Gasteiger partial charge < -0.3 is 20.4 Å². The molecule has 6 nitrogen and oxygen atoms in total. The Labute approximate surface area is 198 Å². The van der Waals surface area contributed by atoms with E-state index < -0.39 is 0 Å². The molecule has 2 aliphatic rings. The highest BCUT2D eigenvalue weighted by atomic mass is 127. The Hall–Kier alpha value is -1.35. The Morgan fingerprint density at radius 3 is 2.60 bits per heavy atom. The molecule has 1 saturated carbocycles. The van der Waals surface area contributed by atoms with Crippen LogP contribution in [-0.4, -0.2) is 61.9 Å². The van der Waals surface area contributed by atoms with Crippen molar-refractivity contribution >= 4 is 35.8 Å². The number of aliphatic imine (C=N–C) groups is 1. The van der Waals surface area contributed by atoms with E-state index >= 15 is 0 Å². The number of nitrogens with zero attached hydrogens (tertiary/aromatic N) is 3. The molecule has 1 aromatic rings. The van der Waals surface area contributed by atoms with E-state index in [2.05, 4.69) is 63.8 Å². The van der Waals surface area contributed by atoms with Gasteiger partial charge in [-0.2, -0.15) is 0 Å². The van der Waals surface area contributed by atoms with E-state index in [1.165, 1.54) is 30.4 Å². The molecule has 2 fully saturated rings. The first-order valence-corrected chi connectivity index (χ1v) is 11.0. The van der Waals surface area contributed by atoms with Crippen LogP contribution in [0.4, 0.5) is 0 Å². The molecule has 7 heteroatoms. The molecular weight excluding hydrogens is 489 g/mol. The van der Waals surface area contributed by atoms with Crippen molar-refractivity contribution < 1.29 is 4.79 Å². The van der Waals surface area contributed by atoms with E-state index in [9.17, 15) is 4.79 Å². The van der Waals surface area contributed by atoms with Crippen molar-refractivity contribution in [2.75, 3.05) is 34.2 Å². The Morgan fingerprint density at radius 1 is 1.17 bits per heavy atom. The second-order valence-corrected chi connectivity index (χ2v) is 8.73. The quantitative estimate of drug-likeness (QED) is 0.339. The lowest BCUT2D eigenvalue weighted by atomic mass is 9.88. The van der Waals surface area contributed by atoms with Gasteiger partial charge in [-0.3, -0.25) is 9.79 Å². The molecule has 0 radical (unpaired) electrons. The molecule has 168 valence electrons. The fraction of sp³-hybridized carbons (Fsp3) is 0.652. The van der Waals surface area contributed by atoms with E-state index in [1.54, 1.807) is 7.05 Å². The SMILES string of the molecule is CN=C(NCc1cccc(CN(C)C)c1)NC1CCN(C(=O)C2CCCCC2)C1.I.